The Balaban J connectivity index is 1.80. The molecule has 2 heterocycles. The van der Waals surface area contributed by atoms with E-state index in [0.717, 1.165) is 22.5 Å². The van der Waals surface area contributed by atoms with E-state index >= 15 is 0 Å². The Kier molecular flexibility index (Phi) is 5.35. The Morgan fingerprint density at radius 3 is 2.34 bits per heavy atom. The lowest BCUT2D eigenvalue weighted by Crippen LogP contribution is -2.31. The summed E-state index contributed by atoms with van der Waals surface area (Å²) in [7, 11) is 0. The summed E-state index contributed by atoms with van der Waals surface area (Å²) in [5.41, 5.74) is 10.3. The lowest BCUT2D eigenvalue weighted by Gasteiger charge is -2.09. The number of carbonyl (C=O) groups is 1. The maximum atomic E-state index is 12.6. The summed E-state index contributed by atoms with van der Waals surface area (Å²) in [6, 6.07) is 23.7. The van der Waals surface area contributed by atoms with Crippen LogP contribution in [-0.4, -0.2) is 33.6 Å². The van der Waals surface area contributed by atoms with Crippen molar-refractivity contribution in [3.05, 3.63) is 78.5 Å². The molecular weight excluding hydrogens is 362 g/mol. The first-order valence-electron chi connectivity index (χ1n) is 9.65. The number of rotatable bonds is 6. The van der Waals surface area contributed by atoms with Crippen molar-refractivity contribution in [1.82, 2.24) is 19.9 Å². The maximum absolute atomic E-state index is 12.6. The summed E-state index contributed by atoms with van der Waals surface area (Å²) >= 11 is 0. The fourth-order valence-electron chi connectivity index (χ4n) is 3.10. The van der Waals surface area contributed by atoms with Gasteiger partial charge in [0, 0.05) is 23.7 Å². The summed E-state index contributed by atoms with van der Waals surface area (Å²) in [6.07, 6.45) is 0. The largest absolute Gasteiger partial charge is 0.350 e. The molecule has 2 aromatic heterocycles. The Morgan fingerprint density at radius 1 is 1.03 bits per heavy atom. The second-order valence-electron chi connectivity index (χ2n) is 7.11. The van der Waals surface area contributed by atoms with Crippen molar-refractivity contribution in [1.29, 1.82) is 0 Å². The van der Waals surface area contributed by atoms with E-state index in [1.54, 1.807) is 10.6 Å². The number of fused-ring (bicyclic) bond motifs is 1. The highest BCUT2D eigenvalue weighted by Gasteiger charge is 2.16. The predicted molar refractivity (Wildman–Crippen MR) is 114 cm³/mol. The van der Waals surface area contributed by atoms with Crippen molar-refractivity contribution in [3.8, 4) is 22.5 Å². The van der Waals surface area contributed by atoms with Crippen LogP contribution in [0.2, 0.25) is 0 Å². The molecule has 0 saturated carbocycles. The molecule has 4 aromatic rings. The molecule has 1 unspecified atom stereocenters. The molecule has 3 N–H and O–H groups in total. The molecule has 4 rings (SSSR count). The standard InChI is InChI=1S/C23H23N5O/c1-16(14-24)15-25-23(29)20-13-22-26-19(17-8-4-2-5-9-17)12-21(28(22)27-20)18-10-6-3-7-11-18/h2-13,16H,14-15,24H2,1H3,(H,25,29). The highest BCUT2D eigenvalue weighted by Crippen LogP contribution is 2.26. The first-order valence-corrected chi connectivity index (χ1v) is 9.65. The summed E-state index contributed by atoms with van der Waals surface area (Å²) in [4.78, 5) is 17.3. The number of carbonyl (C=O) groups excluding carboxylic acids is 1. The number of hydrogen-bond acceptors (Lipinski definition) is 4. The lowest BCUT2D eigenvalue weighted by molar-refractivity contribution is 0.0943. The summed E-state index contributed by atoms with van der Waals surface area (Å²) in [5.74, 6) is -0.0188. The maximum Gasteiger partial charge on any atom is 0.271 e. The van der Waals surface area contributed by atoms with Crippen LogP contribution in [-0.2, 0) is 0 Å². The van der Waals surface area contributed by atoms with Gasteiger partial charge < -0.3 is 11.1 Å². The SMILES string of the molecule is CC(CN)CNC(=O)c1cc2nc(-c3ccccc3)cc(-c3ccccc3)n2n1. The van der Waals surface area contributed by atoms with E-state index in [2.05, 4.69) is 10.4 Å². The molecule has 29 heavy (non-hydrogen) atoms. The minimum absolute atomic E-state index is 0.207. The predicted octanol–water partition coefficient (Wildman–Crippen LogP) is 3.39. The van der Waals surface area contributed by atoms with Crippen LogP contribution in [0.3, 0.4) is 0 Å². The van der Waals surface area contributed by atoms with Gasteiger partial charge in [-0.1, -0.05) is 67.6 Å². The van der Waals surface area contributed by atoms with Gasteiger partial charge in [0.1, 0.15) is 0 Å². The summed E-state index contributed by atoms with van der Waals surface area (Å²) < 4.78 is 1.73. The third-order valence-corrected chi connectivity index (χ3v) is 4.81. The molecule has 0 bridgehead atoms. The molecule has 6 heteroatoms. The van der Waals surface area contributed by atoms with E-state index in [9.17, 15) is 4.79 Å². The van der Waals surface area contributed by atoms with Crippen molar-refractivity contribution >= 4 is 11.6 Å². The van der Waals surface area contributed by atoms with E-state index in [1.165, 1.54) is 0 Å². The van der Waals surface area contributed by atoms with E-state index < -0.39 is 0 Å². The fraction of sp³-hybridized carbons (Fsp3) is 0.174. The Bertz CT molecular complexity index is 1120. The normalized spacial score (nSPS) is 12.1. The number of hydrogen-bond donors (Lipinski definition) is 2. The van der Waals surface area contributed by atoms with Gasteiger partial charge in [-0.2, -0.15) is 5.10 Å². The van der Waals surface area contributed by atoms with Crippen LogP contribution >= 0.6 is 0 Å². The van der Waals surface area contributed by atoms with Gasteiger partial charge in [0.2, 0.25) is 0 Å². The van der Waals surface area contributed by atoms with Crippen molar-refractivity contribution in [3.63, 3.8) is 0 Å². The van der Waals surface area contributed by atoms with Crippen LogP contribution < -0.4 is 11.1 Å². The number of nitrogens with zero attached hydrogens (tertiary/aromatic N) is 3. The number of aromatic nitrogens is 3. The smallest absolute Gasteiger partial charge is 0.271 e. The Hall–Kier alpha value is -3.51. The van der Waals surface area contributed by atoms with Crippen molar-refractivity contribution in [2.75, 3.05) is 13.1 Å². The molecule has 2 aromatic carbocycles. The lowest BCUT2D eigenvalue weighted by atomic mass is 10.1. The molecule has 0 spiro atoms. The molecule has 6 nitrogen and oxygen atoms in total. The molecule has 0 fully saturated rings. The minimum Gasteiger partial charge on any atom is -0.350 e. The van der Waals surface area contributed by atoms with Gasteiger partial charge in [0.05, 0.1) is 11.4 Å². The van der Waals surface area contributed by atoms with Crippen LogP contribution in [0.15, 0.2) is 72.8 Å². The van der Waals surface area contributed by atoms with Gasteiger partial charge in [-0.15, -0.1) is 0 Å². The van der Waals surface area contributed by atoms with Crippen LogP contribution in [0.5, 0.6) is 0 Å². The molecule has 0 radical (unpaired) electrons. The van der Waals surface area contributed by atoms with Gasteiger partial charge in [-0.25, -0.2) is 9.50 Å². The van der Waals surface area contributed by atoms with Crippen molar-refractivity contribution < 1.29 is 4.79 Å². The number of nitrogens with two attached hydrogens (primary N) is 1. The summed E-state index contributed by atoms with van der Waals surface area (Å²) in [5, 5.41) is 7.43. The van der Waals surface area contributed by atoms with Crippen LogP contribution in [0.4, 0.5) is 0 Å². The fourth-order valence-corrected chi connectivity index (χ4v) is 3.10. The van der Waals surface area contributed by atoms with E-state index in [1.807, 2.05) is 73.7 Å². The molecule has 1 amide bonds. The summed E-state index contributed by atoms with van der Waals surface area (Å²) in [6.45, 7) is 3.02. The Morgan fingerprint density at radius 2 is 1.69 bits per heavy atom. The average Bonchev–Trinajstić information content (AvgIpc) is 3.22. The first-order chi connectivity index (χ1) is 14.2. The number of amides is 1. The van der Waals surface area contributed by atoms with Crippen LogP contribution in [0.25, 0.3) is 28.2 Å². The van der Waals surface area contributed by atoms with Gasteiger partial charge in [0.15, 0.2) is 11.3 Å². The average molecular weight is 385 g/mol. The van der Waals surface area contributed by atoms with Gasteiger partial charge >= 0.3 is 0 Å². The van der Waals surface area contributed by atoms with Crippen LogP contribution in [0, 0.1) is 5.92 Å². The van der Waals surface area contributed by atoms with Gasteiger partial charge in [0.25, 0.3) is 5.91 Å². The molecule has 0 saturated heterocycles. The third-order valence-electron chi connectivity index (χ3n) is 4.81. The first kappa shape index (κ1) is 18.8. The van der Waals surface area contributed by atoms with E-state index in [0.29, 0.717) is 24.4 Å². The molecule has 0 aliphatic rings. The third kappa shape index (κ3) is 4.02. The second-order valence-corrected chi connectivity index (χ2v) is 7.11. The van der Waals surface area contributed by atoms with E-state index in [-0.39, 0.29) is 11.8 Å². The van der Waals surface area contributed by atoms with Gasteiger partial charge in [-0.3, -0.25) is 4.79 Å². The molecule has 146 valence electrons. The number of nitrogens with one attached hydrogen (secondary N) is 1. The Labute approximate surface area is 169 Å². The molecule has 1 atom stereocenters. The van der Waals surface area contributed by atoms with E-state index in [4.69, 9.17) is 10.7 Å². The minimum atomic E-state index is -0.226. The number of benzene rings is 2. The zero-order valence-electron chi connectivity index (χ0n) is 16.2. The van der Waals surface area contributed by atoms with Crippen LogP contribution in [0.1, 0.15) is 17.4 Å². The van der Waals surface area contributed by atoms with Crippen molar-refractivity contribution in [2.24, 2.45) is 11.7 Å². The molecular formula is C23H23N5O. The molecule has 0 aliphatic heterocycles. The topological polar surface area (TPSA) is 85.3 Å². The van der Waals surface area contributed by atoms with Crippen molar-refractivity contribution in [2.45, 2.75) is 6.92 Å². The zero-order chi connectivity index (χ0) is 20.2. The monoisotopic (exact) mass is 385 g/mol. The highest BCUT2D eigenvalue weighted by atomic mass is 16.1. The zero-order valence-corrected chi connectivity index (χ0v) is 16.2. The van der Waals surface area contributed by atoms with Gasteiger partial charge in [-0.05, 0) is 18.5 Å². The molecule has 0 aliphatic carbocycles. The quantitative estimate of drug-likeness (QED) is 0.533. The highest BCUT2D eigenvalue weighted by molar-refractivity contribution is 5.93. The second kappa shape index (κ2) is 8.24.